The predicted octanol–water partition coefficient (Wildman–Crippen LogP) is 4.41. The molecule has 2 fully saturated rings. The number of morpholine rings is 1. The fraction of sp³-hybridized carbons (Fsp3) is 0.480. The van der Waals surface area contributed by atoms with Crippen LogP contribution in [0.5, 0.6) is 0 Å². The molecule has 35 heavy (non-hydrogen) atoms. The highest BCUT2D eigenvalue weighted by Gasteiger charge is 2.31. The highest BCUT2D eigenvalue weighted by atomic mass is 35.5. The lowest BCUT2D eigenvalue weighted by Gasteiger charge is -2.33. The van der Waals surface area contributed by atoms with Crippen molar-refractivity contribution in [3.8, 4) is 0 Å². The number of benzene rings is 2. The first-order valence-corrected chi connectivity index (χ1v) is 13.6. The molecule has 6 nitrogen and oxygen atoms in total. The molecule has 1 aliphatic carbocycles. The molecule has 190 valence electrons. The van der Waals surface area contributed by atoms with Crippen LogP contribution in [0, 0.1) is 11.6 Å². The van der Waals surface area contributed by atoms with Crippen LogP contribution in [0.4, 0.5) is 8.78 Å². The van der Waals surface area contributed by atoms with E-state index in [0.717, 1.165) is 29.5 Å². The normalized spacial score (nSPS) is 19.2. The number of amides is 1. The zero-order chi connectivity index (χ0) is 25.3. The number of nitrogens with zero attached hydrogens (tertiary/aromatic N) is 1. The molecule has 2 aliphatic rings. The molecule has 2 aromatic rings. The molecule has 1 amide bonds. The van der Waals surface area contributed by atoms with E-state index in [0.29, 0.717) is 37.7 Å². The molecule has 10 heteroatoms. The van der Waals surface area contributed by atoms with Crippen molar-refractivity contribution >= 4 is 27.5 Å². The summed E-state index contributed by atoms with van der Waals surface area (Å²) in [5.41, 5.74) is 2.21. The van der Waals surface area contributed by atoms with E-state index in [2.05, 4.69) is 4.90 Å². The smallest absolute Gasteiger partial charge is 0.267 e. The van der Waals surface area contributed by atoms with Gasteiger partial charge in [0.1, 0.15) is 11.6 Å². The molecule has 0 spiro atoms. The number of hydrogen-bond donors (Lipinski definition) is 1. The SMILES string of the molecule is CC(C)S(=O)(=O)NC(=O)c1cc(C2CC2)c(CN2CCO[C@H](Cc3ccc(F)cc3Cl)C2)cc1F. The van der Waals surface area contributed by atoms with Gasteiger partial charge in [0.2, 0.25) is 10.0 Å². The first-order chi connectivity index (χ1) is 16.5. The highest BCUT2D eigenvalue weighted by Crippen LogP contribution is 2.43. The van der Waals surface area contributed by atoms with Gasteiger partial charge < -0.3 is 4.74 Å². The molecule has 1 heterocycles. The summed E-state index contributed by atoms with van der Waals surface area (Å²) in [5, 5.41) is -0.451. The Hall–Kier alpha value is -2.07. The Bertz CT molecular complexity index is 1220. The maximum Gasteiger partial charge on any atom is 0.267 e. The standard InChI is InChI=1S/C25H29ClF2N2O4S/c1-15(2)35(32,33)29-25(31)22-12-21(16-3-4-16)18(10-24(22)28)13-30-7-8-34-20(14-30)9-17-5-6-19(27)11-23(17)26/h5-6,10-12,15-16,20H,3-4,7-9,13-14H2,1-2H3,(H,29,31)/t20-/m1/s1. The van der Waals surface area contributed by atoms with E-state index in [-0.39, 0.29) is 17.6 Å². The van der Waals surface area contributed by atoms with Crippen molar-refractivity contribution in [1.29, 1.82) is 0 Å². The largest absolute Gasteiger partial charge is 0.375 e. The van der Waals surface area contributed by atoms with E-state index in [1.54, 1.807) is 6.07 Å². The number of hydrogen-bond acceptors (Lipinski definition) is 5. The number of carbonyl (C=O) groups excluding carboxylic acids is 1. The van der Waals surface area contributed by atoms with Gasteiger partial charge in [-0.05, 0) is 73.6 Å². The zero-order valence-electron chi connectivity index (χ0n) is 19.7. The van der Waals surface area contributed by atoms with Crippen molar-refractivity contribution in [2.75, 3.05) is 19.7 Å². The number of ether oxygens (including phenoxy) is 1. The summed E-state index contributed by atoms with van der Waals surface area (Å²) < 4.78 is 60.4. The molecule has 0 bridgehead atoms. The average Bonchev–Trinajstić information content (AvgIpc) is 3.61. The molecule has 1 saturated heterocycles. The summed E-state index contributed by atoms with van der Waals surface area (Å²) >= 11 is 6.17. The molecule has 0 radical (unpaired) electrons. The summed E-state index contributed by atoms with van der Waals surface area (Å²) in [6.07, 6.45) is 2.27. The van der Waals surface area contributed by atoms with Crippen LogP contribution in [0.2, 0.25) is 5.02 Å². The van der Waals surface area contributed by atoms with E-state index in [4.69, 9.17) is 16.3 Å². The monoisotopic (exact) mass is 526 g/mol. The molecule has 4 rings (SSSR count). The van der Waals surface area contributed by atoms with Crippen molar-refractivity contribution in [2.24, 2.45) is 0 Å². The summed E-state index contributed by atoms with van der Waals surface area (Å²) in [6.45, 7) is 5.13. The highest BCUT2D eigenvalue weighted by molar-refractivity contribution is 7.90. The fourth-order valence-electron chi connectivity index (χ4n) is 4.24. The maximum atomic E-state index is 15.0. The number of halogens is 3. The van der Waals surface area contributed by atoms with Gasteiger partial charge in [-0.2, -0.15) is 0 Å². The Kier molecular flexibility index (Phi) is 7.80. The van der Waals surface area contributed by atoms with Crippen LogP contribution in [0.3, 0.4) is 0 Å². The molecule has 1 atom stereocenters. The molecule has 2 aromatic carbocycles. The summed E-state index contributed by atoms with van der Waals surface area (Å²) in [4.78, 5) is 14.7. The van der Waals surface area contributed by atoms with Gasteiger partial charge in [0, 0.05) is 31.1 Å². The van der Waals surface area contributed by atoms with Gasteiger partial charge >= 0.3 is 0 Å². The van der Waals surface area contributed by atoms with Crippen LogP contribution in [-0.4, -0.2) is 50.3 Å². The summed E-state index contributed by atoms with van der Waals surface area (Å²) in [7, 11) is -3.87. The van der Waals surface area contributed by atoms with Crippen molar-refractivity contribution in [2.45, 2.75) is 56.9 Å². The van der Waals surface area contributed by atoms with Gasteiger partial charge in [-0.15, -0.1) is 0 Å². The van der Waals surface area contributed by atoms with E-state index in [1.165, 1.54) is 38.1 Å². The van der Waals surface area contributed by atoms with Crippen LogP contribution in [0.15, 0.2) is 30.3 Å². The fourth-order valence-corrected chi connectivity index (χ4v) is 5.09. The Morgan fingerprint density at radius 1 is 1.20 bits per heavy atom. The molecular formula is C25H29ClF2N2O4S. The van der Waals surface area contributed by atoms with Gasteiger partial charge in [0.05, 0.1) is 23.5 Å². The van der Waals surface area contributed by atoms with E-state index >= 15 is 0 Å². The molecular weight excluding hydrogens is 498 g/mol. The first-order valence-electron chi connectivity index (χ1n) is 11.7. The molecule has 1 saturated carbocycles. The number of rotatable bonds is 8. The van der Waals surface area contributed by atoms with Gasteiger partial charge in [0.25, 0.3) is 5.91 Å². The lowest BCUT2D eigenvalue weighted by atomic mass is 9.98. The van der Waals surface area contributed by atoms with E-state index < -0.39 is 32.8 Å². The second-order valence-corrected chi connectivity index (χ2v) is 12.1. The molecule has 0 unspecified atom stereocenters. The lowest BCUT2D eigenvalue weighted by Crippen LogP contribution is -2.43. The molecule has 1 aliphatic heterocycles. The minimum absolute atomic E-state index is 0.146. The summed E-state index contributed by atoms with van der Waals surface area (Å²) in [5.74, 6) is -1.86. The van der Waals surface area contributed by atoms with Crippen molar-refractivity contribution in [1.82, 2.24) is 9.62 Å². The van der Waals surface area contributed by atoms with Crippen LogP contribution in [0.1, 0.15) is 59.7 Å². The van der Waals surface area contributed by atoms with Crippen molar-refractivity contribution < 1.29 is 26.7 Å². The number of nitrogens with one attached hydrogen (secondary N) is 1. The first kappa shape index (κ1) is 26.0. The van der Waals surface area contributed by atoms with Gasteiger partial charge in [-0.1, -0.05) is 17.7 Å². The second-order valence-electron chi connectivity index (χ2n) is 9.50. The van der Waals surface area contributed by atoms with Crippen LogP contribution in [-0.2, 0) is 27.7 Å². The minimum Gasteiger partial charge on any atom is -0.375 e. The third kappa shape index (κ3) is 6.39. The van der Waals surface area contributed by atoms with Gasteiger partial charge in [-0.3, -0.25) is 9.69 Å². The second kappa shape index (κ2) is 10.5. The van der Waals surface area contributed by atoms with Crippen LogP contribution < -0.4 is 4.72 Å². The van der Waals surface area contributed by atoms with E-state index in [9.17, 15) is 22.0 Å². The van der Waals surface area contributed by atoms with Crippen LogP contribution in [0.25, 0.3) is 0 Å². The lowest BCUT2D eigenvalue weighted by molar-refractivity contribution is -0.0305. The number of sulfonamides is 1. The van der Waals surface area contributed by atoms with Gasteiger partial charge in [0.15, 0.2) is 0 Å². The molecule has 0 aromatic heterocycles. The number of carbonyl (C=O) groups is 1. The van der Waals surface area contributed by atoms with Crippen LogP contribution >= 0.6 is 11.6 Å². The third-order valence-corrected chi connectivity index (χ3v) is 8.49. The molecule has 1 N–H and O–H groups in total. The van der Waals surface area contributed by atoms with E-state index in [1.807, 2.05) is 4.72 Å². The zero-order valence-corrected chi connectivity index (χ0v) is 21.3. The maximum absolute atomic E-state index is 15.0. The Morgan fingerprint density at radius 3 is 2.60 bits per heavy atom. The van der Waals surface area contributed by atoms with Gasteiger partial charge in [-0.25, -0.2) is 21.9 Å². The minimum atomic E-state index is -3.87. The predicted molar refractivity (Wildman–Crippen MR) is 130 cm³/mol. The Morgan fingerprint density at radius 2 is 1.94 bits per heavy atom. The quantitative estimate of drug-likeness (QED) is 0.551. The third-order valence-electron chi connectivity index (χ3n) is 6.43. The van der Waals surface area contributed by atoms with Crippen molar-refractivity contribution in [3.63, 3.8) is 0 Å². The topological polar surface area (TPSA) is 75.7 Å². The Balaban J connectivity index is 1.49. The Labute approximate surface area is 209 Å². The average molecular weight is 527 g/mol. The van der Waals surface area contributed by atoms with Crippen molar-refractivity contribution in [3.05, 3.63) is 69.2 Å². The summed E-state index contributed by atoms with van der Waals surface area (Å²) in [6, 6.07) is 7.17.